The van der Waals surface area contributed by atoms with Crippen molar-refractivity contribution in [3.8, 4) is 11.5 Å². The highest BCUT2D eigenvalue weighted by Gasteiger charge is 2.12. The van der Waals surface area contributed by atoms with Crippen LogP contribution in [0.4, 0.5) is 0 Å². The summed E-state index contributed by atoms with van der Waals surface area (Å²) >= 11 is 0. The molecular formula is C23H24N4O. The number of hydrogen-bond donors (Lipinski definition) is 0. The Morgan fingerprint density at radius 2 is 1.75 bits per heavy atom. The lowest BCUT2D eigenvalue weighted by molar-refractivity contribution is 0.318. The number of fused-ring (bicyclic) bond motifs is 1. The average molecular weight is 372 g/mol. The maximum absolute atomic E-state index is 6.06. The van der Waals surface area contributed by atoms with Crippen molar-refractivity contribution >= 4 is 22.7 Å². The van der Waals surface area contributed by atoms with E-state index in [1.54, 1.807) is 0 Å². The molecule has 0 bridgehead atoms. The third-order valence-corrected chi connectivity index (χ3v) is 5.54. The van der Waals surface area contributed by atoms with Crippen LogP contribution in [0, 0.1) is 0 Å². The molecule has 0 radical (unpaired) electrons. The van der Waals surface area contributed by atoms with Gasteiger partial charge in [0.15, 0.2) is 0 Å². The molecule has 1 fully saturated rings. The van der Waals surface area contributed by atoms with Gasteiger partial charge in [-0.1, -0.05) is 12.1 Å². The normalized spacial score (nSPS) is 16.8. The third kappa shape index (κ3) is 3.58. The van der Waals surface area contributed by atoms with Gasteiger partial charge < -0.3 is 9.64 Å². The van der Waals surface area contributed by atoms with Crippen molar-refractivity contribution in [3.63, 3.8) is 0 Å². The molecule has 0 amide bonds. The van der Waals surface area contributed by atoms with Crippen molar-refractivity contribution in [2.24, 2.45) is 4.99 Å². The summed E-state index contributed by atoms with van der Waals surface area (Å²) in [6.45, 7) is 5.22. The number of aromatic nitrogens is 2. The van der Waals surface area contributed by atoms with E-state index >= 15 is 0 Å². The molecule has 2 aliphatic heterocycles. The molecule has 0 unspecified atom stereocenters. The Balaban J connectivity index is 1.27. The molecule has 5 nitrogen and oxygen atoms in total. The van der Waals surface area contributed by atoms with Crippen LogP contribution in [0.15, 0.2) is 59.7 Å². The molecular weight excluding hydrogens is 348 g/mol. The van der Waals surface area contributed by atoms with E-state index in [0.29, 0.717) is 0 Å². The van der Waals surface area contributed by atoms with Gasteiger partial charge in [-0.2, -0.15) is 5.10 Å². The van der Waals surface area contributed by atoms with E-state index in [1.165, 1.54) is 37.1 Å². The number of rotatable bonds is 6. The van der Waals surface area contributed by atoms with Crippen LogP contribution in [0.1, 0.15) is 18.4 Å². The zero-order valence-corrected chi connectivity index (χ0v) is 15.9. The van der Waals surface area contributed by atoms with Crippen molar-refractivity contribution in [3.05, 3.63) is 60.3 Å². The van der Waals surface area contributed by atoms with Gasteiger partial charge in [0.05, 0.1) is 24.8 Å². The van der Waals surface area contributed by atoms with Crippen LogP contribution in [0.25, 0.3) is 16.5 Å². The highest BCUT2D eigenvalue weighted by molar-refractivity contribution is 5.89. The molecule has 2 aliphatic rings. The fraction of sp³-hybridized carbons (Fsp3) is 0.304. The van der Waals surface area contributed by atoms with Crippen LogP contribution in [-0.2, 0) is 6.54 Å². The van der Waals surface area contributed by atoms with Crippen molar-refractivity contribution < 1.29 is 4.74 Å². The summed E-state index contributed by atoms with van der Waals surface area (Å²) in [5.41, 5.74) is 3.60. The minimum atomic E-state index is 0.763. The van der Waals surface area contributed by atoms with Crippen LogP contribution in [-0.4, -0.2) is 47.1 Å². The standard InChI is InChI=1S/C23H24N4O/c1-2-12-26(11-1)13-14-27-23-8-7-22(15-20(23)17-25-27)28-21-5-3-18(4-6-21)19-9-10-24-16-19/h3-10,15,17H,1-2,11-14,16H2. The van der Waals surface area contributed by atoms with Crippen LogP contribution >= 0.6 is 0 Å². The highest BCUT2D eigenvalue weighted by Crippen LogP contribution is 2.27. The molecule has 5 rings (SSSR count). The number of aliphatic imine (C=N–C) groups is 1. The summed E-state index contributed by atoms with van der Waals surface area (Å²) in [4.78, 5) is 6.75. The minimum Gasteiger partial charge on any atom is -0.457 e. The maximum atomic E-state index is 6.06. The summed E-state index contributed by atoms with van der Waals surface area (Å²) in [5, 5.41) is 5.69. The van der Waals surface area contributed by atoms with Gasteiger partial charge >= 0.3 is 0 Å². The predicted octanol–water partition coefficient (Wildman–Crippen LogP) is 4.39. The smallest absolute Gasteiger partial charge is 0.128 e. The predicted molar refractivity (Wildman–Crippen MR) is 113 cm³/mol. The second-order valence-electron chi connectivity index (χ2n) is 7.45. The topological polar surface area (TPSA) is 42.7 Å². The molecule has 5 heteroatoms. The second-order valence-corrected chi connectivity index (χ2v) is 7.45. The average Bonchev–Trinajstić information content (AvgIpc) is 3.48. The summed E-state index contributed by atoms with van der Waals surface area (Å²) in [5.74, 6) is 1.67. The zero-order chi connectivity index (χ0) is 18.8. The lowest BCUT2D eigenvalue weighted by Gasteiger charge is -2.14. The second kappa shape index (κ2) is 7.60. The van der Waals surface area contributed by atoms with E-state index in [2.05, 4.69) is 50.0 Å². The van der Waals surface area contributed by atoms with E-state index in [4.69, 9.17) is 4.74 Å². The minimum absolute atomic E-state index is 0.763. The van der Waals surface area contributed by atoms with Crippen molar-refractivity contribution in [2.75, 3.05) is 26.2 Å². The Labute approximate surface area is 164 Å². The third-order valence-electron chi connectivity index (χ3n) is 5.54. The molecule has 1 saturated heterocycles. The Morgan fingerprint density at radius 3 is 2.54 bits per heavy atom. The van der Waals surface area contributed by atoms with E-state index in [9.17, 15) is 0 Å². The van der Waals surface area contributed by atoms with Crippen LogP contribution in [0.3, 0.4) is 0 Å². The van der Waals surface area contributed by atoms with Gasteiger partial charge in [-0.25, -0.2) is 0 Å². The molecule has 0 atom stereocenters. The number of hydrogen-bond acceptors (Lipinski definition) is 4. The number of likely N-dealkylation sites (tertiary alicyclic amines) is 1. The fourth-order valence-corrected chi connectivity index (χ4v) is 3.96. The molecule has 0 aliphatic carbocycles. The van der Waals surface area contributed by atoms with Crippen molar-refractivity contribution in [1.29, 1.82) is 0 Å². The fourth-order valence-electron chi connectivity index (χ4n) is 3.96. The highest BCUT2D eigenvalue weighted by atomic mass is 16.5. The molecule has 0 spiro atoms. The molecule has 2 aromatic carbocycles. The molecule has 0 N–H and O–H groups in total. The number of allylic oxidation sites excluding steroid dienone is 1. The zero-order valence-electron chi connectivity index (χ0n) is 15.9. The van der Waals surface area contributed by atoms with Gasteiger partial charge in [0.1, 0.15) is 11.5 Å². The van der Waals surface area contributed by atoms with Gasteiger partial charge in [-0.05, 0) is 73.5 Å². The number of benzene rings is 2. The molecule has 28 heavy (non-hydrogen) atoms. The lowest BCUT2D eigenvalue weighted by Crippen LogP contribution is -2.24. The Morgan fingerprint density at radius 1 is 0.929 bits per heavy atom. The summed E-state index contributed by atoms with van der Waals surface area (Å²) in [7, 11) is 0. The first-order valence-corrected chi connectivity index (χ1v) is 10.0. The van der Waals surface area contributed by atoms with Crippen molar-refractivity contribution in [2.45, 2.75) is 19.4 Å². The Hall–Kier alpha value is -2.92. The summed E-state index contributed by atoms with van der Waals surface area (Å²) in [6, 6.07) is 14.4. The largest absolute Gasteiger partial charge is 0.457 e. The molecule has 142 valence electrons. The van der Waals surface area contributed by atoms with Gasteiger partial charge in [0, 0.05) is 18.1 Å². The quantitative estimate of drug-likeness (QED) is 0.644. The molecule has 1 aromatic heterocycles. The van der Waals surface area contributed by atoms with Crippen LogP contribution in [0.2, 0.25) is 0 Å². The van der Waals surface area contributed by atoms with E-state index in [0.717, 1.165) is 42.0 Å². The van der Waals surface area contributed by atoms with Gasteiger partial charge in [-0.15, -0.1) is 0 Å². The van der Waals surface area contributed by atoms with Gasteiger partial charge in [0.25, 0.3) is 0 Å². The van der Waals surface area contributed by atoms with Gasteiger partial charge in [-0.3, -0.25) is 9.67 Å². The van der Waals surface area contributed by atoms with E-state index < -0.39 is 0 Å². The van der Waals surface area contributed by atoms with E-state index in [-0.39, 0.29) is 0 Å². The number of ether oxygens (including phenoxy) is 1. The summed E-state index contributed by atoms with van der Waals surface area (Å²) < 4.78 is 8.16. The van der Waals surface area contributed by atoms with Crippen LogP contribution in [0.5, 0.6) is 11.5 Å². The first kappa shape index (κ1) is 17.2. The monoisotopic (exact) mass is 372 g/mol. The summed E-state index contributed by atoms with van der Waals surface area (Å²) in [6.07, 6.45) is 8.51. The maximum Gasteiger partial charge on any atom is 0.128 e. The van der Waals surface area contributed by atoms with E-state index in [1.807, 2.05) is 30.6 Å². The van der Waals surface area contributed by atoms with Gasteiger partial charge in [0.2, 0.25) is 0 Å². The first-order chi connectivity index (χ1) is 13.8. The Bertz CT molecular complexity index is 1030. The molecule has 3 aromatic rings. The first-order valence-electron chi connectivity index (χ1n) is 10.0. The van der Waals surface area contributed by atoms with Crippen LogP contribution < -0.4 is 4.74 Å². The molecule has 0 saturated carbocycles. The molecule has 3 heterocycles. The lowest BCUT2D eigenvalue weighted by atomic mass is 10.1. The Kier molecular flexibility index (Phi) is 4.67. The van der Waals surface area contributed by atoms with Crippen molar-refractivity contribution in [1.82, 2.24) is 14.7 Å². The number of nitrogens with zero attached hydrogens (tertiary/aromatic N) is 4. The SMILES string of the molecule is C1=NCC(c2ccc(Oc3ccc4c(cnn4CCN4CCCC4)c3)cc2)=C1.